The summed E-state index contributed by atoms with van der Waals surface area (Å²) in [6.45, 7) is 1.11. The Hall–Kier alpha value is -0.280. The minimum absolute atomic E-state index is 0.464. The maximum Gasteiger partial charge on any atom is 0.169 e. The van der Waals surface area contributed by atoms with Gasteiger partial charge in [0.1, 0.15) is 5.76 Å². The van der Waals surface area contributed by atoms with Gasteiger partial charge in [-0.2, -0.15) is 0 Å². The number of rotatable bonds is 1. The van der Waals surface area contributed by atoms with E-state index in [0.29, 0.717) is 6.04 Å². The highest BCUT2D eigenvalue weighted by Gasteiger charge is 2.21. The molecule has 2 heterocycles. The van der Waals surface area contributed by atoms with E-state index in [2.05, 4.69) is 21.2 Å². The topological polar surface area (TPSA) is 25.2 Å². The summed E-state index contributed by atoms with van der Waals surface area (Å²) in [5.74, 6) is 1.04. The van der Waals surface area contributed by atoms with Crippen molar-refractivity contribution in [2.75, 3.05) is 6.54 Å². The number of halogens is 1. The Labute approximate surface area is 67.7 Å². The zero-order chi connectivity index (χ0) is 6.97. The lowest BCUT2D eigenvalue weighted by Crippen LogP contribution is -2.34. The average Bonchev–Trinajstić information content (AvgIpc) is 2.10. The van der Waals surface area contributed by atoms with E-state index in [0.717, 1.165) is 17.0 Å². The lowest BCUT2D eigenvalue weighted by Gasteiger charge is -2.25. The molecule has 3 heteroatoms. The van der Waals surface area contributed by atoms with Gasteiger partial charge in [0, 0.05) is 0 Å². The molecular formula is C7H8BrNO. The van der Waals surface area contributed by atoms with Gasteiger partial charge in [-0.15, -0.1) is 0 Å². The van der Waals surface area contributed by atoms with Crippen molar-refractivity contribution in [3.05, 3.63) is 22.6 Å². The Bertz CT molecular complexity index is 229. The van der Waals surface area contributed by atoms with Crippen molar-refractivity contribution in [3.8, 4) is 0 Å². The summed E-state index contributed by atoms with van der Waals surface area (Å²) in [6.07, 6.45) is 1.19. The lowest BCUT2D eigenvalue weighted by atomic mass is 10.1. The third-order valence-electron chi connectivity index (χ3n) is 1.76. The van der Waals surface area contributed by atoms with Crippen LogP contribution in [0.25, 0.3) is 0 Å². The first-order valence-electron chi connectivity index (χ1n) is 3.35. The van der Waals surface area contributed by atoms with Crippen LogP contribution in [-0.4, -0.2) is 6.54 Å². The molecule has 0 aromatic carbocycles. The minimum atomic E-state index is 0.464. The third-order valence-corrected chi connectivity index (χ3v) is 2.19. The zero-order valence-electron chi connectivity index (χ0n) is 5.43. The molecule has 1 aromatic rings. The smallest absolute Gasteiger partial charge is 0.169 e. The van der Waals surface area contributed by atoms with Crippen LogP contribution in [0.4, 0.5) is 0 Å². The van der Waals surface area contributed by atoms with Crippen LogP contribution in [-0.2, 0) is 0 Å². The highest BCUT2D eigenvalue weighted by molar-refractivity contribution is 9.10. The summed E-state index contributed by atoms with van der Waals surface area (Å²) in [4.78, 5) is 0. The molecule has 1 saturated heterocycles. The summed E-state index contributed by atoms with van der Waals surface area (Å²) >= 11 is 3.26. The van der Waals surface area contributed by atoms with Gasteiger partial charge in [-0.1, -0.05) is 0 Å². The van der Waals surface area contributed by atoms with Gasteiger partial charge in [-0.05, 0) is 41.0 Å². The molecule has 0 aliphatic carbocycles. The Morgan fingerprint density at radius 1 is 1.60 bits per heavy atom. The summed E-state index contributed by atoms with van der Waals surface area (Å²) in [5.41, 5.74) is 0. The molecule has 2 nitrogen and oxygen atoms in total. The predicted octanol–water partition coefficient (Wildman–Crippen LogP) is 2.08. The van der Waals surface area contributed by atoms with E-state index in [1.807, 2.05) is 12.1 Å². The van der Waals surface area contributed by atoms with E-state index in [9.17, 15) is 0 Å². The summed E-state index contributed by atoms with van der Waals surface area (Å²) in [6, 6.07) is 4.39. The van der Waals surface area contributed by atoms with Gasteiger partial charge in [0.15, 0.2) is 4.67 Å². The molecule has 1 aliphatic rings. The highest BCUT2D eigenvalue weighted by atomic mass is 79.9. The fraction of sp³-hybridized carbons (Fsp3) is 0.429. The maximum atomic E-state index is 5.34. The van der Waals surface area contributed by atoms with Gasteiger partial charge in [0.25, 0.3) is 0 Å². The van der Waals surface area contributed by atoms with Crippen molar-refractivity contribution in [1.82, 2.24) is 5.32 Å². The molecule has 0 bridgehead atoms. The van der Waals surface area contributed by atoms with Gasteiger partial charge >= 0.3 is 0 Å². The van der Waals surface area contributed by atoms with E-state index in [4.69, 9.17) is 4.42 Å². The van der Waals surface area contributed by atoms with Crippen LogP contribution in [0.3, 0.4) is 0 Å². The van der Waals surface area contributed by atoms with E-state index in [-0.39, 0.29) is 0 Å². The van der Waals surface area contributed by atoms with Gasteiger partial charge in [0.2, 0.25) is 0 Å². The SMILES string of the molecule is Brc1ccc(C2CCN2)o1. The van der Waals surface area contributed by atoms with Crippen molar-refractivity contribution < 1.29 is 4.42 Å². The molecule has 1 atom stereocenters. The molecule has 0 saturated carbocycles. The molecule has 0 spiro atoms. The van der Waals surface area contributed by atoms with Gasteiger partial charge in [0.05, 0.1) is 6.04 Å². The fourth-order valence-electron chi connectivity index (χ4n) is 1.05. The Kier molecular flexibility index (Phi) is 1.54. The van der Waals surface area contributed by atoms with Crippen LogP contribution in [0.2, 0.25) is 0 Å². The zero-order valence-corrected chi connectivity index (χ0v) is 7.02. The van der Waals surface area contributed by atoms with Crippen LogP contribution < -0.4 is 5.32 Å². The van der Waals surface area contributed by atoms with E-state index < -0.39 is 0 Å². The van der Waals surface area contributed by atoms with Gasteiger partial charge in [-0.25, -0.2) is 0 Å². The quantitative estimate of drug-likeness (QED) is 0.754. The molecule has 1 N–H and O–H groups in total. The monoisotopic (exact) mass is 201 g/mol. The predicted molar refractivity (Wildman–Crippen MR) is 41.8 cm³/mol. The van der Waals surface area contributed by atoms with E-state index >= 15 is 0 Å². The molecule has 1 aliphatic heterocycles. The lowest BCUT2D eigenvalue weighted by molar-refractivity contribution is 0.314. The number of furan rings is 1. The molecule has 2 rings (SSSR count). The Morgan fingerprint density at radius 2 is 2.40 bits per heavy atom. The van der Waals surface area contributed by atoms with Crippen molar-refractivity contribution in [3.63, 3.8) is 0 Å². The first-order valence-corrected chi connectivity index (χ1v) is 4.14. The number of hydrogen-bond acceptors (Lipinski definition) is 2. The molecule has 1 aromatic heterocycles. The van der Waals surface area contributed by atoms with Crippen molar-refractivity contribution in [1.29, 1.82) is 0 Å². The standard InChI is InChI=1S/C7H8BrNO/c8-7-2-1-6(10-7)5-3-4-9-5/h1-2,5,9H,3-4H2. The van der Waals surface area contributed by atoms with Crippen molar-refractivity contribution >= 4 is 15.9 Å². The number of hydrogen-bond donors (Lipinski definition) is 1. The molecule has 0 radical (unpaired) electrons. The normalized spacial score (nSPS) is 24.3. The molecule has 1 fully saturated rings. The molecular weight excluding hydrogens is 194 g/mol. The molecule has 0 amide bonds. The Balaban J connectivity index is 2.17. The molecule has 10 heavy (non-hydrogen) atoms. The van der Waals surface area contributed by atoms with Crippen molar-refractivity contribution in [2.45, 2.75) is 12.5 Å². The second kappa shape index (κ2) is 2.40. The van der Waals surface area contributed by atoms with E-state index in [1.54, 1.807) is 0 Å². The van der Waals surface area contributed by atoms with Crippen LogP contribution in [0.15, 0.2) is 21.2 Å². The molecule has 54 valence electrons. The van der Waals surface area contributed by atoms with Crippen LogP contribution >= 0.6 is 15.9 Å². The van der Waals surface area contributed by atoms with Crippen LogP contribution in [0.5, 0.6) is 0 Å². The van der Waals surface area contributed by atoms with Crippen molar-refractivity contribution in [2.24, 2.45) is 0 Å². The summed E-state index contributed by atoms with van der Waals surface area (Å²) < 4.78 is 6.16. The largest absolute Gasteiger partial charge is 0.453 e. The average molecular weight is 202 g/mol. The van der Waals surface area contributed by atoms with Gasteiger partial charge in [-0.3, -0.25) is 0 Å². The van der Waals surface area contributed by atoms with Gasteiger partial charge < -0.3 is 9.73 Å². The van der Waals surface area contributed by atoms with E-state index in [1.165, 1.54) is 6.42 Å². The third kappa shape index (κ3) is 0.995. The fourth-order valence-corrected chi connectivity index (χ4v) is 1.37. The highest BCUT2D eigenvalue weighted by Crippen LogP contribution is 2.26. The molecule has 1 unspecified atom stereocenters. The maximum absolute atomic E-state index is 5.34. The first kappa shape index (κ1) is 6.43. The summed E-state index contributed by atoms with van der Waals surface area (Å²) in [7, 11) is 0. The van der Waals surface area contributed by atoms with Crippen LogP contribution in [0.1, 0.15) is 18.2 Å². The second-order valence-electron chi connectivity index (χ2n) is 2.44. The van der Waals surface area contributed by atoms with Crippen LogP contribution in [0, 0.1) is 0 Å². The second-order valence-corrected chi connectivity index (χ2v) is 3.22. The Morgan fingerprint density at radius 3 is 2.80 bits per heavy atom. The first-order chi connectivity index (χ1) is 4.86. The number of nitrogens with one attached hydrogen (secondary N) is 1. The summed E-state index contributed by atoms with van der Waals surface area (Å²) in [5, 5.41) is 3.26. The minimum Gasteiger partial charge on any atom is -0.453 e.